The molecule has 7 nitrogen and oxygen atoms in total. The van der Waals surface area contributed by atoms with Gasteiger partial charge >= 0.3 is 0 Å². The normalized spacial score (nSPS) is 17.1. The lowest BCUT2D eigenvalue weighted by Crippen LogP contribution is -2.32. The molecule has 2 aromatic rings. The molecule has 0 aromatic heterocycles. The van der Waals surface area contributed by atoms with Crippen LogP contribution in [0.15, 0.2) is 47.4 Å². The van der Waals surface area contributed by atoms with Crippen LogP contribution in [0.2, 0.25) is 0 Å². The third-order valence-electron chi connectivity index (χ3n) is 5.66. The highest BCUT2D eigenvalue weighted by molar-refractivity contribution is 7.89. The highest BCUT2D eigenvalue weighted by Crippen LogP contribution is 2.31. The number of amides is 1. The predicted octanol–water partition coefficient (Wildman–Crippen LogP) is 3.29. The topological polar surface area (TPSA) is 76.1 Å². The van der Waals surface area contributed by atoms with Crippen molar-refractivity contribution in [2.45, 2.75) is 37.1 Å². The van der Waals surface area contributed by atoms with Crippen molar-refractivity contribution in [1.29, 1.82) is 0 Å². The quantitative estimate of drug-likeness (QED) is 0.707. The lowest BCUT2D eigenvalue weighted by Gasteiger charge is -2.22. The average Bonchev–Trinajstić information content (AvgIpc) is 3.09. The van der Waals surface area contributed by atoms with Gasteiger partial charge in [0.1, 0.15) is 13.2 Å². The number of rotatable bonds is 5. The van der Waals surface area contributed by atoms with Gasteiger partial charge in [0.05, 0.1) is 4.90 Å². The smallest absolute Gasteiger partial charge is 0.253 e. The van der Waals surface area contributed by atoms with Crippen LogP contribution in [0.4, 0.5) is 0 Å². The highest BCUT2D eigenvalue weighted by atomic mass is 32.2. The molecule has 0 bridgehead atoms. The van der Waals surface area contributed by atoms with Crippen LogP contribution >= 0.6 is 0 Å². The van der Waals surface area contributed by atoms with Gasteiger partial charge in [0, 0.05) is 32.2 Å². The fourth-order valence-corrected chi connectivity index (χ4v) is 5.54. The molecule has 0 aliphatic carbocycles. The van der Waals surface area contributed by atoms with Crippen LogP contribution in [0.25, 0.3) is 0 Å². The van der Waals surface area contributed by atoms with Crippen molar-refractivity contribution in [3.63, 3.8) is 0 Å². The summed E-state index contributed by atoms with van der Waals surface area (Å²) in [4.78, 5) is 14.8. The van der Waals surface area contributed by atoms with E-state index in [0.29, 0.717) is 49.9 Å². The second kappa shape index (κ2) is 9.28. The molecule has 0 spiro atoms. The Morgan fingerprint density at radius 1 is 0.968 bits per heavy atom. The number of hydrogen-bond acceptors (Lipinski definition) is 5. The monoisotopic (exact) mass is 444 g/mol. The van der Waals surface area contributed by atoms with Gasteiger partial charge in [-0.25, -0.2) is 8.42 Å². The molecule has 2 aliphatic heterocycles. The minimum Gasteiger partial charge on any atom is -0.486 e. The van der Waals surface area contributed by atoms with Gasteiger partial charge in [-0.05, 0) is 48.7 Å². The minimum absolute atomic E-state index is 0.174. The summed E-state index contributed by atoms with van der Waals surface area (Å²) in [6, 6.07) is 12.0. The maximum absolute atomic E-state index is 13.1. The van der Waals surface area contributed by atoms with Crippen molar-refractivity contribution < 1.29 is 22.7 Å². The Kier molecular flexibility index (Phi) is 6.48. The summed E-state index contributed by atoms with van der Waals surface area (Å²) < 4.78 is 38.9. The zero-order valence-electron chi connectivity index (χ0n) is 17.7. The van der Waals surface area contributed by atoms with E-state index in [2.05, 4.69) is 0 Å². The summed E-state index contributed by atoms with van der Waals surface area (Å²) in [5.41, 5.74) is 1.27. The summed E-state index contributed by atoms with van der Waals surface area (Å²) in [5, 5.41) is 0. The van der Waals surface area contributed by atoms with Gasteiger partial charge in [-0.1, -0.05) is 25.0 Å². The zero-order valence-corrected chi connectivity index (χ0v) is 18.6. The zero-order chi connectivity index (χ0) is 21.8. The van der Waals surface area contributed by atoms with Crippen LogP contribution in [0.5, 0.6) is 11.5 Å². The molecule has 4 rings (SSSR count). The van der Waals surface area contributed by atoms with Crippen LogP contribution in [0, 0.1) is 0 Å². The molecule has 2 heterocycles. The van der Waals surface area contributed by atoms with Crippen LogP contribution in [-0.2, 0) is 16.6 Å². The van der Waals surface area contributed by atoms with E-state index in [9.17, 15) is 13.2 Å². The molecule has 0 unspecified atom stereocenters. The molecule has 1 fully saturated rings. The molecule has 1 saturated heterocycles. The third-order valence-corrected chi connectivity index (χ3v) is 7.55. The van der Waals surface area contributed by atoms with Crippen LogP contribution in [-0.4, -0.2) is 56.9 Å². The molecule has 0 atom stereocenters. The Hall–Kier alpha value is -2.58. The molecule has 166 valence electrons. The van der Waals surface area contributed by atoms with E-state index in [0.717, 1.165) is 31.2 Å². The molecule has 2 aliphatic rings. The number of carbonyl (C=O) groups is 1. The Morgan fingerprint density at radius 2 is 1.68 bits per heavy atom. The molecule has 8 heteroatoms. The van der Waals surface area contributed by atoms with Crippen molar-refractivity contribution in [3.8, 4) is 11.5 Å². The molecule has 31 heavy (non-hydrogen) atoms. The molecule has 0 radical (unpaired) electrons. The summed E-state index contributed by atoms with van der Waals surface area (Å²) in [5.74, 6) is 1.15. The van der Waals surface area contributed by atoms with Gasteiger partial charge in [0.25, 0.3) is 5.91 Å². The van der Waals surface area contributed by atoms with Crippen molar-refractivity contribution >= 4 is 15.9 Å². The number of sulfonamides is 1. The number of nitrogens with zero attached hydrogens (tertiary/aromatic N) is 2. The third kappa shape index (κ3) is 4.85. The molecule has 1 amide bonds. The fraction of sp³-hybridized carbons (Fsp3) is 0.435. The van der Waals surface area contributed by atoms with Gasteiger partial charge in [0.15, 0.2) is 11.5 Å². The fourth-order valence-electron chi connectivity index (χ4n) is 3.97. The second-order valence-electron chi connectivity index (χ2n) is 7.99. The Bertz CT molecular complexity index is 1050. The van der Waals surface area contributed by atoms with Crippen LogP contribution in [0.1, 0.15) is 41.6 Å². The first-order chi connectivity index (χ1) is 14.9. The molecule has 0 saturated carbocycles. The molecular weight excluding hydrogens is 416 g/mol. The highest BCUT2D eigenvalue weighted by Gasteiger charge is 2.26. The maximum Gasteiger partial charge on any atom is 0.253 e. The van der Waals surface area contributed by atoms with Gasteiger partial charge in [0.2, 0.25) is 10.0 Å². The van der Waals surface area contributed by atoms with Crippen LogP contribution in [0.3, 0.4) is 0 Å². The Labute approximate surface area is 183 Å². The first-order valence-electron chi connectivity index (χ1n) is 10.7. The first-order valence-corrected chi connectivity index (χ1v) is 12.1. The Balaban J connectivity index is 1.49. The summed E-state index contributed by atoms with van der Waals surface area (Å²) in [6.07, 6.45) is 3.84. The van der Waals surface area contributed by atoms with E-state index < -0.39 is 10.0 Å². The van der Waals surface area contributed by atoms with E-state index in [1.165, 1.54) is 6.07 Å². The molecular formula is C23H28N2O5S. The van der Waals surface area contributed by atoms with Crippen LogP contribution < -0.4 is 9.47 Å². The van der Waals surface area contributed by atoms with E-state index in [-0.39, 0.29) is 10.8 Å². The van der Waals surface area contributed by atoms with Gasteiger partial charge in [-0.2, -0.15) is 4.31 Å². The maximum atomic E-state index is 13.1. The van der Waals surface area contributed by atoms with E-state index >= 15 is 0 Å². The van der Waals surface area contributed by atoms with Crippen molar-refractivity contribution in [1.82, 2.24) is 9.21 Å². The number of benzene rings is 2. The van der Waals surface area contributed by atoms with E-state index in [1.807, 2.05) is 18.2 Å². The largest absolute Gasteiger partial charge is 0.486 e. The SMILES string of the molecule is CN(Cc1ccc2c(c1)OCCO2)C(=O)c1cccc(S(=O)(=O)N2CCCCCC2)c1. The molecule has 0 N–H and O–H groups in total. The number of ether oxygens (including phenoxy) is 2. The minimum atomic E-state index is -3.60. The predicted molar refractivity (Wildman–Crippen MR) is 117 cm³/mol. The average molecular weight is 445 g/mol. The number of carbonyl (C=O) groups excluding carboxylic acids is 1. The first kappa shape index (κ1) is 21.6. The van der Waals surface area contributed by atoms with Gasteiger partial charge < -0.3 is 14.4 Å². The molecule has 2 aromatic carbocycles. The van der Waals surface area contributed by atoms with Gasteiger partial charge in [-0.3, -0.25) is 4.79 Å². The lowest BCUT2D eigenvalue weighted by molar-refractivity contribution is 0.0784. The van der Waals surface area contributed by atoms with Crippen molar-refractivity contribution in [2.24, 2.45) is 0 Å². The Morgan fingerprint density at radius 3 is 2.42 bits per heavy atom. The second-order valence-corrected chi connectivity index (χ2v) is 9.92. The van der Waals surface area contributed by atoms with E-state index in [1.54, 1.807) is 34.5 Å². The number of fused-ring (bicyclic) bond motifs is 1. The number of hydrogen-bond donors (Lipinski definition) is 0. The standard InChI is InChI=1S/C23H28N2O5S/c1-24(17-18-9-10-21-22(15-18)30-14-13-29-21)23(26)19-7-6-8-20(16-19)31(27,28)25-11-4-2-3-5-12-25/h6-10,15-16H,2-5,11-14,17H2,1H3. The van der Waals surface area contributed by atoms with Crippen molar-refractivity contribution in [3.05, 3.63) is 53.6 Å². The van der Waals surface area contributed by atoms with Crippen molar-refractivity contribution in [2.75, 3.05) is 33.4 Å². The van der Waals surface area contributed by atoms with E-state index in [4.69, 9.17) is 9.47 Å². The summed E-state index contributed by atoms with van der Waals surface area (Å²) in [7, 11) is -1.90. The van der Waals surface area contributed by atoms with Gasteiger partial charge in [-0.15, -0.1) is 0 Å². The summed E-state index contributed by atoms with van der Waals surface area (Å²) >= 11 is 0. The lowest BCUT2D eigenvalue weighted by atomic mass is 10.1. The summed E-state index contributed by atoms with van der Waals surface area (Å²) in [6.45, 7) is 2.47.